The molecule has 24 heavy (non-hydrogen) atoms. The number of nitrogens with zero attached hydrogens (tertiary/aromatic N) is 1. The van der Waals surface area contributed by atoms with Crippen molar-refractivity contribution < 1.29 is 22.7 Å². The van der Waals surface area contributed by atoms with Crippen molar-refractivity contribution in [2.45, 2.75) is 19.3 Å². The number of hydrogen-bond acceptors (Lipinski definition) is 5. The molecule has 0 heterocycles. The average molecular weight is 351 g/mol. The molecule has 2 rings (SSSR count). The summed E-state index contributed by atoms with van der Waals surface area (Å²) in [6, 6.07) is 6.12. The molecule has 0 fully saturated rings. The van der Waals surface area contributed by atoms with Gasteiger partial charge in [0.25, 0.3) is 0 Å². The molecule has 0 saturated heterocycles. The summed E-state index contributed by atoms with van der Waals surface area (Å²) in [5, 5.41) is 0. The van der Waals surface area contributed by atoms with Crippen LogP contribution in [0.1, 0.15) is 29.6 Å². The molecule has 6 nitrogen and oxygen atoms in total. The lowest BCUT2D eigenvalue weighted by atomic mass is 10.1. The number of anilines is 1. The van der Waals surface area contributed by atoms with E-state index < -0.39 is 10.0 Å². The van der Waals surface area contributed by atoms with Crippen molar-refractivity contribution in [1.82, 2.24) is 0 Å². The maximum atomic E-state index is 12.0. The summed E-state index contributed by atoms with van der Waals surface area (Å²) >= 11 is 0. The van der Waals surface area contributed by atoms with Gasteiger partial charge in [0, 0.05) is 12.6 Å². The molecule has 0 amide bonds. The summed E-state index contributed by atoms with van der Waals surface area (Å²) in [5.41, 5.74) is 0.827. The molecule has 0 spiro atoms. The number of esters is 1. The Morgan fingerprint density at radius 2 is 1.92 bits per heavy atom. The van der Waals surface area contributed by atoms with E-state index in [1.54, 1.807) is 12.1 Å². The number of allylic oxidation sites excluding steroid dienone is 2. The van der Waals surface area contributed by atoms with Gasteiger partial charge in [-0.25, -0.2) is 8.42 Å². The molecule has 7 heteroatoms. The molecule has 0 radical (unpaired) electrons. The predicted octanol–water partition coefficient (Wildman–Crippen LogP) is 2.16. The first-order valence-electron chi connectivity index (χ1n) is 7.67. The summed E-state index contributed by atoms with van der Waals surface area (Å²) in [7, 11) is -1.91. The minimum atomic E-state index is -3.35. The number of carbonyl (C=O) groups excluding carboxylic acids is 2. The molecular weight excluding hydrogens is 330 g/mol. The molecule has 1 aliphatic carbocycles. The van der Waals surface area contributed by atoms with Gasteiger partial charge in [-0.1, -0.05) is 12.2 Å². The number of carbonyl (C=O) groups is 2. The predicted molar refractivity (Wildman–Crippen MR) is 91.5 cm³/mol. The van der Waals surface area contributed by atoms with Gasteiger partial charge in [-0.2, -0.15) is 0 Å². The lowest BCUT2D eigenvalue weighted by molar-refractivity contribution is -0.143. The van der Waals surface area contributed by atoms with Crippen LogP contribution in [0.15, 0.2) is 36.4 Å². The van der Waals surface area contributed by atoms with Crippen molar-refractivity contribution in [2.24, 2.45) is 5.92 Å². The standard InChI is InChI=1S/C17H21NO5S/c1-18(24(2,21)22)15-9-7-14(8-10-15)16(19)12-23-17(20)11-13-5-3-4-6-13/h3,5,7-10,13H,4,6,11-12H2,1-2H3/t13-/m1/s1. The normalized spacial score (nSPS) is 16.8. The van der Waals surface area contributed by atoms with Gasteiger partial charge in [-0.3, -0.25) is 13.9 Å². The van der Waals surface area contributed by atoms with Crippen LogP contribution >= 0.6 is 0 Å². The second-order valence-corrected chi connectivity index (χ2v) is 7.84. The van der Waals surface area contributed by atoms with Crippen LogP contribution in [0.25, 0.3) is 0 Å². The highest BCUT2D eigenvalue weighted by Gasteiger charge is 2.17. The summed E-state index contributed by atoms with van der Waals surface area (Å²) in [5.74, 6) is -0.495. The van der Waals surface area contributed by atoms with Crippen LogP contribution in [0.5, 0.6) is 0 Å². The van der Waals surface area contributed by atoms with Crippen LogP contribution in [-0.2, 0) is 19.6 Å². The van der Waals surface area contributed by atoms with Crippen LogP contribution in [0.2, 0.25) is 0 Å². The number of hydrogen-bond donors (Lipinski definition) is 0. The number of sulfonamides is 1. The fraction of sp³-hybridized carbons (Fsp3) is 0.412. The van der Waals surface area contributed by atoms with Gasteiger partial charge in [0.05, 0.1) is 18.4 Å². The zero-order valence-corrected chi connectivity index (χ0v) is 14.6. The van der Waals surface area contributed by atoms with E-state index in [-0.39, 0.29) is 24.3 Å². The molecule has 0 N–H and O–H groups in total. The zero-order chi connectivity index (χ0) is 17.7. The lowest BCUT2D eigenvalue weighted by Crippen LogP contribution is -2.24. The van der Waals surface area contributed by atoms with Crippen LogP contribution < -0.4 is 4.31 Å². The first-order chi connectivity index (χ1) is 11.3. The number of rotatable bonds is 7. The average Bonchev–Trinajstić information content (AvgIpc) is 3.04. The third kappa shape index (κ3) is 4.92. The Labute approximate surface area is 142 Å². The molecule has 0 aromatic heterocycles. The minimum Gasteiger partial charge on any atom is -0.457 e. The maximum absolute atomic E-state index is 12.0. The van der Waals surface area contributed by atoms with Crippen molar-refractivity contribution in [3.8, 4) is 0 Å². The van der Waals surface area contributed by atoms with E-state index in [2.05, 4.69) is 0 Å². The Kier molecular flexibility index (Phi) is 5.77. The van der Waals surface area contributed by atoms with E-state index in [1.165, 1.54) is 19.2 Å². The van der Waals surface area contributed by atoms with Crippen molar-refractivity contribution >= 4 is 27.5 Å². The maximum Gasteiger partial charge on any atom is 0.306 e. The number of benzene rings is 1. The summed E-state index contributed by atoms with van der Waals surface area (Å²) in [6.07, 6.45) is 7.36. The van der Waals surface area contributed by atoms with Crippen LogP contribution in [0.4, 0.5) is 5.69 Å². The third-order valence-corrected chi connectivity index (χ3v) is 5.16. The quantitative estimate of drug-likeness (QED) is 0.427. The molecule has 0 unspecified atom stereocenters. The Morgan fingerprint density at radius 1 is 1.25 bits per heavy atom. The highest BCUT2D eigenvalue weighted by atomic mass is 32.2. The molecule has 0 bridgehead atoms. The van der Waals surface area contributed by atoms with E-state index in [1.807, 2.05) is 12.2 Å². The first-order valence-corrected chi connectivity index (χ1v) is 9.51. The van der Waals surface area contributed by atoms with E-state index >= 15 is 0 Å². The minimum absolute atomic E-state index is 0.207. The molecule has 1 aromatic rings. The zero-order valence-electron chi connectivity index (χ0n) is 13.8. The lowest BCUT2D eigenvalue weighted by Gasteiger charge is -2.16. The van der Waals surface area contributed by atoms with Crippen molar-refractivity contribution in [3.63, 3.8) is 0 Å². The van der Waals surface area contributed by atoms with E-state index in [4.69, 9.17) is 4.74 Å². The van der Waals surface area contributed by atoms with Crippen LogP contribution in [-0.4, -0.2) is 40.1 Å². The van der Waals surface area contributed by atoms with Crippen molar-refractivity contribution in [2.75, 3.05) is 24.2 Å². The SMILES string of the molecule is CN(c1ccc(C(=O)COC(=O)C[C@@H]2C=CCC2)cc1)S(C)(=O)=O. The first kappa shape index (κ1) is 18.2. The summed E-state index contributed by atoms with van der Waals surface area (Å²) in [4.78, 5) is 23.7. The van der Waals surface area contributed by atoms with Gasteiger partial charge in [-0.05, 0) is 43.0 Å². The molecule has 130 valence electrons. The Balaban J connectivity index is 1.88. The van der Waals surface area contributed by atoms with Gasteiger partial charge >= 0.3 is 5.97 Å². The molecular formula is C17H21NO5S. The Morgan fingerprint density at radius 3 is 2.46 bits per heavy atom. The van der Waals surface area contributed by atoms with E-state index in [0.717, 1.165) is 23.4 Å². The fourth-order valence-corrected chi connectivity index (χ4v) is 2.92. The van der Waals surface area contributed by atoms with Crippen LogP contribution in [0.3, 0.4) is 0 Å². The van der Waals surface area contributed by atoms with Gasteiger partial charge in [-0.15, -0.1) is 0 Å². The smallest absolute Gasteiger partial charge is 0.306 e. The largest absolute Gasteiger partial charge is 0.457 e. The van der Waals surface area contributed by atoms with Gasteiger partial charge < -0.3 is 4.74 Å². The highest BCUT2D eigenvalue weighted by molar-refractivity contribution is 7.92. The second-order valence-electron chi connectivity index (χ2n) is 5.83. The highest BCUT2D eigenvalue weighted by Crippen LogP contribution is 2.21. The van der Waals surface area contributed by atoms with E-state index in [9.17, 15) is 18.0 Å². The molecule has 0 aliphatic heterocycles. The number of ether oxygens (including phenoxy) is 1. The summed E-state index contributed by atoms with van der Waals surface area (Å²) < 4.78 is 29.1. The Hall–Kier alpha value is -2.15. The molecule has 1 aromatic carbocycles. The monoisotopic (exact) mass is 351 g/mol. The number of ketones is 1. The van der Waals surface area contributed by atoms with Gasteiger partial charge in [0.2, 0.25) is 10.0 Å². The van der Waals surface area contributed by atoms with Crippen LogP contribution in [0, 0.1) is 5.92 Å². The third-order valence-electron chi connectivity index (χ3n) is 3.96. The van der Waals surface area contributed by atoms with E-state index in [0.29, 0.717) is 17.7 Å². The Bertz CT molecular complexity index is 737. The van der Waals surface area contributed by atoms with Crippen molar-refractivity contribution in [1.29, 1.82) is 0 Å². The summed E-state index contributed by atoms with van der Waals surface area (Å²) in [6.45, 7) is -0.309. The molecule has 1 atom stereocenters. The second kappa shape index (κ2) is 7.61. The molecule has 1 aliphatic rings. The van der Waals surface area contributed by atoms with Crippen molar-refractivity contribution in [3.05, 3.63) is 42.0 Å². The topological polar surface area (TPSA) is 80.8 Å². The van der Waals surface area contributed by atoms with Gasteiger partial charge in [0.15, 0.2) is 12.4 Å². The number of Topliss-reactive ketones (excluding diaryl/α,β-unsaturated/α-hetero) is 1. The van der Waals surface area contributed by atoms with Gasteiger partial charge in [0.1, 0.15) is 0 Å². The molecule has 0 saturated carbocycles. The fourth-order valence-electron chi connectivity index (χ4n) is 2.42.